The van der Waals surface area contributed by atoms with Gasteiger partial charge in [-0.3, -0.25) is 0 Å². The van der Waals surface area contributed by atoms with Gasteiger partial charge in [0, 0.05) is 21.2 Å². The lowest BCUT2D eigenvalue weighted by Crippen LogP contribution is -2.06. The maximum atomic E-state index is 14.8. The van der Waals surface area contributed by atoms with Crippen LogP contribution in [0.3, 0.4) is 0 Å². The Morgan fingerprint density at radius 3 is 2.46 bits per heavy atom. The molecule has 6 heteroatoms. The highest BCUT2D eigenvalue weighted by Crippen LogP contribution is 2.39. The molecule has 0 amide bonds. The average Bonchev–Trinajstić information content (AvgIpc) is 2.64. The van der Waals surface area contributed by atoms with Gasteiger partial charge in [0.15, 0.2) is 0 Å². The van der Waals surface area contributed by atoms with Gasteiger partial charge < -0.3 is 9.84 Å². The van der Waals surface area contributed by atoms with Gasteiger partial charge in [0.25, 0.3) is 0 Å². The van der Waals surface area contributed by atoms with E-state index in [1.807, 2.05) is 0 Å². The molecule has 0 saturated carbocycles. The molecular formula is C18H18F4O2. The molecule has 0 aliphatic carbocycles. The van der Waals surface area contributed by atoms with Crippen LogP contribution in [0.5, 0.6) is 5.75 Å². The summed E-state index contributed by atoms with van der Waals surface area (Å²) in [4.78, 5) is 0. The zero-order chi connectivity index (χ0) is 24.0. The summed E-state index contributed by atoms with van der Waals surface area (Å²) in [5.74, 6) is -4.98. The number of alkyl halides is 3. The summed E-state index contributed by atoms with van der Waals surface area (Å²) in [5.41, 5.74) is -2.58. The predicted octanol–water partition coefficient (Wildman–Crippen LogP) is 5.14. The van der Waals surface area contributed by atoms with E-state index in [1.165, 1.54) is 0 Å². The van der Waals surface area contributed by atoms with Gasteiger partial charge in [-0.2, -0.15) is 13.2 Å². The normalized spacial score (nSPS) is 17.7. The SMILES string of the molecule is [2H]C([2H])([2H])C([2H])(c1cc(-c2ccc(C(F)(F)F)cc2CO)c(OC)cc1F)C([2H])([2H])[2H]. The summed E-state index contributed by atoms with van der Waals surface area (Å²) in [6.45, 7) is -7.82. The van der Waals surface area contributed by atoms with E-state index in [4.69, 9.17) is 14.3 Å². The second kappa shape index (κ2) is 6.81. The lowest BCUT2D eigenvalue weighted by atomic mass is 9.92. The minimum absolute atomic E-state index is 0.0768. The number of aliphatic hydroxyl groups excluding tert-OH is 1. The molecule has 0 unspecified atom stereocenters. The fourth-order valence-electron chi connectivity index (χ4n) is 2.29. The lowest BCUT2D eigenvalue weighted by Gasteiger charge is -2.17. The van der Waals surface area contributed by atoms with Crippen LogP contribution in [-0.2, 0) is 12.8 Å². The van der Waals surface area contributed by atoms with Crippen molar-refractivity contribution in [2.45, 2.75) is 32.4 Å². The van der Waals surface area contributed by atoms with E-state index in [-0.39, 0.29) is 22.4 Å². The maximum absolute atomic E-state index is 14.8. The van der Waals surface area contributed by atoms with Gasteiger partial charge in [-0.05, 0) is 40.8 Å². The number of benzene rings is 2. The lowest BCUT2D eigenvalue weighted by molar-refractivity contribution is -0.137. The Morgan fingerprint density at radius 2 is 1.92 bits per heavy atom. The quantitative estimate of drug-likeness (QED) is 0.775. The van der Waals surface area contributed by atoms with Crippen LogP contribution in [-0.4, -0.2) is 12.2 Å². The first-order chi connectivity index (χ1) is 14.0. The van der Waals surface area contributed by atoms with Gasteiger partial charge in [0.2, 0.25) is 0 Å². The molecule has 0 aliphatic rings. The molecule has 130 valence electrons. The standard InChI is InChI=1S/C18H18F4O2/c1-10(2)14-7-15(17(24-3)8-16(14)19)13-5-4-12(18(20,21)22)6-11(13)9-23/h4-8,10,23H,9H2,1-3H3/i1D3,2D3,10D. The van der Waals surface area contributed by atoms with Crippen LogP contribution in [0, 0.1) is 5.82 Å². The Morgan fingerprint density at radius 1 is 1.21 bits per heavy atom. The molecule has 2 aromatic rings. The minimum Gasteiger partial charge on any atom is -0.496 e. The second-order valence-corrected chi connectivity index (χ2v) is 4.94. The van der Waals surface area contributed by atoms with E-state index in [2.05, 4.69) is 0 Å². The maximum Gasteiger partial charge on any atom is 0.416 e. The van der Waals surface area contributed by atoms with E-state index >= 15 is 0 Å². The highest BCUT2D eigenvalue weighted by atomic mass is 19.4. The third kappa shape index (κ3) is 3.53. The summed E-state index contributed by atoms with van der Waals surface area (Å²) in [6.07, 6.45) is -4.71. The molecule has 0 bridgehead atoms. The Bertz CT molecular complexity index is 955. The van der Waals surface area contributed by atoms with Crippen LogP contribution in [0.1, 0.15) is 45.9 Å². The minimum atomic E-state index is -4.71. The monoisotopic (exact) mass is 349 g/mol. The van der Waals surface area contributed by atoms with Crippen LogP contribution in [0.15, 0.2) is 30.3 Å². The van der Waals surface area contributed by atoms with E-state index in [0.717, 1.165) is 19.2 Å². The number of halogens is 4. The number of hydrogen-bond donors (Lipinski definition) is 1. The van der Waals surface area contributed by atoms with E-state index < -0.39 is 49.3 Å². The molecule has 2 nitrogen and oxygen atoms in total. The molecule has 0 spiro atoms. The highest BCUT2D eigenvalue weighted by molar-refractivity contribution is 5.74. The van der Waals surface area contributed by atoms with Crippen molar-refractivity contribution < 1.29 is 37.0 Å². The molecule has 1 N–H and O–H groups in total. The van der Waals surface area contributed by atoms with Crippen molar-refractivity contribution >= 4 is 0 Å². The molecule has 0 radical (unpaired) electrons. The summed E-state index contributed by atoms with van der Waals surface area (Å²) >= 11 is 0. The molecule has 0 aliphatic heterocycles. The van der Waals surface area contributed by atoms with Crippen molar-refractivity contribution in [2.24, 2.45) is 0 Å². The van der Waals surface area contributed by atoms with Crippen molar-refractivity contribution in [1.29, 1.82) is 0 Å². The molecule has 0 saturated heterocycles. The zero-order valence-electron chi connectivity index (χ0n) is 19.5. The fourth-order valence-corrected chi connectivity index (χ4v) is 2.29. The van der Waals surface area contributed by atoms with Crippen LogP contribution >= 0.6 is 0 Å². The van der Waals surface area contributed by atoms with Crippen molar-refractivity contribution in [1.82, 2.24) is 0 Å². The Hall–Kier alpha value is -2.08. The molecule has 0 fully saturated rings. The van der Waals surface area contributed by atoms with E-state index in [1.54, 1.807) is 0 Å². The van der Waals surface area contributed by atoms with Crippen LogP contribution in [0.2, 0.25) is 0 Å². The molecular weight excluding hydrogens is 324 g/mol. The van der Waals surface area contributed by atoms with E-state index in [9.17, 15) is 22.7 Å². The van der Waals surface area contributed by atoms with Gasteiger partial charge in [-0.25, -0.2) is 4.39 Å². The molecule has 0 aromatic heterocycles. The van der Waals surface area contributed by atoms with Crippen molar-refractivity contribution in [3.05, 3.63) is 52.8 Å². The van der Waals surface area contributed by atoms with Crippen LogP contribution < -0.4 is 4.74 Å². The summed E-state index contributed by atoms with van der Waals surface area (Å²) in [6, 6.07) is 3.72. The number of methoxy groups -OCH3 is 1. The molecule has 2 aromatic carbocycles. The zero-order valence-corrected chi connectivity index (χ0v) is 12.5. The third-order valence-electron chi connectivity index (χ3n) is 3.45. The number of aliphatic hydroxyl groups is 1. The largest absolute Gasteiger partial charge is 0.496 e. The number of ether oxygens (including phenoxy) is 1. The van der Waals surface area contributed by atoms with Crippen molar-refractivity contribution in [3.8, 4) is 16.9 Å². The number of hydrogen-bond acceptors (Lipinski definition) is 2. The van der Waals surface area contributed by atoms with E-state index in [0.29, 0.717) is 18.2 Å². The van der Waals surface area contributed by atoms with Crippen molar-refractivity contribution in [2.75, 3.05) is 7.11 Å². The topological polar surface area (TPSA) is 29.5 Å². The Labute approximate surface area is 147 Å². The van der Waals surface area contributed by atoms with Gasteiger partial charge in [-0.1, -0.05) is 19.8 Å². The second-order valence-electron chi connectivity index (χ2n) is 4.94. The summed E-state index contributed by atoms with van der Waals surface area (Å²) in [7, 11) is 1.11. The molecule has 24 heavy (non-hydrogen) atoms. The average molecular weight is 349 g/mol. The van der Waals surface area contributed by atoms with Gasteiger partial charge in [-0.15, -0.1) is 0 Å². The summed E-state index contributed by atoms with van der Waals surface area (Å²) < 4.78 is 112. The Kier molecular flexibility index (Phi) is 3.04. The number of rotatable bonds is 4. The first-order valence-corrected chi connectivity index (χ1v) is 6.68. The van der Waals surface area contributed by atoms with Gasteiger partial charge >= 0.3 is 6.18 Å². The smallest absolute Gasteiger partial charge is 0.416 e. The molecule has 0 atom stereocenters. The fraction of sp³-hybridized carbons (Fsp3) is 0.333. The summed E-state index contributed by atoms with van der Waals surface area (Å²) in [5, 5.41) is 9.58. The molecule has 2 rings (SSSR count). The van der Waals surface area contributed by atoms with Crippen LogP contribution in [0.4, 0.5) is 17.6 Å². The van der Waals surface area contributed by atoms with Gasteiger partial charge in [0.1, 0.15) is 11.6 Å². The first kappa shape index (κ1) is 10.7. The Balaban J connectivity index is 2.89. The highest BCUT2D eigenvalue weighted by Gasteiger charge is 2.31. The predicted molar refractivity (Wildman–Crippen MR) is 83.4 cm³/mol. The molecule has 0 heterocycles. The van der Waals surface area contributed by atoms with Gasteiger partial charge in [0.05, 0.1) is 19.3 Å². The third-order valence-corrected chi connectivity index (χ3v) is 3.45. The van der Waals surface area contributed by atoms with Crippen molar-refractivity contribution in [3.63, 3.8) is 0 Å². The first-order valence-electron chi connectivity index (χ1n) is 10.2. The van der Waals surface area contributed by atoms with Crippen LogP contribution in [0.25, 0.3) is 11.1 Å².